The second-order valence-corrected chi connectivity index (χ2v) is 14.7. The molecule has 0 aromatic heterocycles. The van der Waals surface area contributed by atoms with Crippen LogP contribution in [0.25, 0.3) is 0 Å². The van der Waals surface area contributed by atoms with Gasteiger partial charge in [-0.05, 0) is 19.3 Å². The fraction of sp³-hybridized carbons (Fsp3) is 0.857. The minimum absolute atomic E-state index is 0.00789. The van der Waals surface area contributed by atoms with E-state index in [9.17, 15) is 19.4 Å². The van der Waals surface area contributed by atoms with E-state index < -0.39 is 26.6 Å². The van der Waals surface area contributed by atoms with Crippen LogP contribution in [0, 0.1) is 0 Å². The SMILES string of the molecule is CCCCCCC/C=C/C=C/[C@@H](O)[C@H](COP(=O)([O-])OCC[N+](C)(C)C)NC(=O)CCCCCCCCCCCCCCC. The molecule has 0 bridgehead atoms. The van der Waals surface area contributed by atoms with Gasteiger partial charge in [0.15, 0.2) is 0 Å². The van der Waals surface area contributed by atoms with Gasteiger partial charge in [0.1, 0.15) is 13.2 Å². The van der Waals surface area contributed by atoms with Crippen molar-refractivity contribution in [2.45, 2.75) is 154 Å². The van der Waals surface area contributed by atoms with Crippen LogP contribution in [0.2, 0.25) is 0 Å². The third-order valence-corrected chi connectivity index (χ3v) is 8.68. The van der Waals surface area contributed by atoms with Gasteiger partial charge in [0, 0.05) is 6.42 Å². The Kier molecular flexibility index (Phi) is 27.6. The molecule has 0 rings (SSSR count). The molecule has 0 fully saturated rings. The van der Waals surface area contributed by atoms with Crippen LogP contribution in [-0.2, 0) is 18.4 Å². The zero-order valence-corrected chi connectivity index (χ0v) is 30.0. The van der Waals surface area contributed by atoms with Gasteiger partial charge in [0.25, 0.3) is 7.82 Å². The smallest absolute Gasteiger partial charge is 0.268 e. The van der Waals surface area contributed by atoms with Crippen LogP contribution < -0.4 is 10.2 Å². The summed E-state index contributed by atoms with van der Waals surface area (Å²) in [6.07, 6.45) is 29.5. The number of aliphatic hydroxyl groups is 1. The van der Waals surface area contributed by atoms with Gasteiger partial charge in [-0.15, -0.1) is 0 Å². The number of aliphatic hydroxyl groups excluding tert-OH is 1. The normalized spacial score (nSPS) is 15.2. The molecule has 1 unspecified atom stereocenters. The standard InChI is InChI=1S/C35H69N2O6P/c1-6-8-10-12-14-16-17-18-19-21-23-25-27-29-35(39)36-33(32-43-44(40,41)42-31-30-37(3,4)5)34(38)28-26-24-22-20-15-13-11-9-7-2/h22,24,26,28,33-34,38H,6-21,23,25,27,29-32H2,1-5H3,(H-,36,39,40,41)/b24-22+,28-26+/t33-,34+/m0/s1. The van der Waals surface area contributed by atoms with Gasteiger partial charge in [-0.3, -0.25) is 9.36 Å². The van der Waals surface area contributed by atoms with Gasteiger partial charge in [0.2, 0.25) is 5.91 Å². The number of allylic oxidation sites excluding steroid dienone is 3. The lowest BCUT2D eigenvalue weighted by molar-refractivity contribution is -0.870. The number of hydrogen-bond donors (Lipinski definition) is 2. The maximum Gasteiger partial charge on any atom is 0.268 e. The van der Waals surface area contributed by atoms with E-state index in [1.807, 2.05) is 27.2 Å². The molecular weight excluding hydrogens is 575 g/mol. The number of phosphoric ester groups is 1. The van der Waals surface area contributed by atoms with E-state index in [4.69, 9.17) is 9.05 Å². The fourth-order valence-electron chi connectivity index (χ4n) is 4.80. The minimum atomic E-state index is -4.58. The van der Waals surface area contributed by atoms with Gasteiger partial charge >= 0.3 is 0 Å². The van der Waals surface area contributed by atoms with Gasteiger partial charge in [-0.2, -0.15) is 0 Å². The summed E-state index contributed by atoms with van der Waals surface area (Å²) < 4.78 is 22.9. The summed E-state index contributed by atoms with van der Waals surface area (Å²) in [6.45, 7) is 4.53. The van der Waals surface area contributed by atoms with Crippen molar-refractivity contribution in [1.29, 1.82) is 0 Å². The molecule has 0 saturated heterocycles. The molecule has 1 amide bonds. The zero-order valence-electron chi connectivity index (χ0n) is 29.1. The van der Waals surface area contributed by atoms with Crippen LogP contribution in [0.4, 0.5) is 0 Å². The lowest BCUT2D eigenvalue weighted by Gasteiger charge is -2.29. The van der Waals surface area contributed by atoms with Crippen LogP contribution in [0.5, 0.6) is 0 Å². The van der Waals surface area contributed by atoms with Crippen LogP contribution in [0.1, 0.15) is 142 Å². The van der Waals surface area contributed by atoms with E-state index in [-0.39, 0.29) is 12.5 Å². The first-order valence-electron chi connectivity index (χ1n) is 17.7. The molecule has 0 saturated carbocycles. The van der Waals surface area contributed by atoms with Crippen molar-refractivity contribution in [3.8, 4) is 0 Å². The average Bonchev–Trinajstić information content (AvgIpc) is 2.95. The highest BCUT2D eigenvalue weighted by atomic mass is 31.2. The van der Waals surface area contributed by atoms with E-state index in [0.717, 1.165) is 32.1 Å². The number of hydrogen-bond acceptors (Lipinski definition) is 6. The van der Waals surface area contributed by atoms with Crippen LogP contribution >= 0.6 is 7.82 Å². The largest absolute Gasteiger partial charge is 0.756 e. The first-order valence-corrected chi connectivity index (χ1v) is 19.2. The van der Waals surface area contributed by atoms with E-state index in [0.29, 0.717) is 17.4 Å². The zero-order chi connectivity index (χ0) is 32.9. The summed E-state index contributed by atoms with van der Waals surface area (Å²) in [7, 11) is 1.23. The molecule has 0 aliphatic carbocycles. The predicted octanol–water partition coefficient (Wildman–Crippen LogP) is 7.99. The Hall–Kier alpha value is -1.02. The molecule has 2 N–H and O–H groups in total. The molecular formula is C35H69N2O6P. The maximum absolute atomic E-state index is 12.7. The lowest BCUT2D eigenvalue weighted by Crippen LogP contribution is -2.45. The highest BCUT2D eigenvalue weighted by Gasteiger charge is 2.23. The molecule has 0 aliphatic rings. The second kappa shape index (κ2) is 28.2. The number of nitrogens with zero attached hydrogens (tertiary/aromatic N) is 1. The predicted molar refractivity (Wildman–Crippen MR) is 182 cm³/mol. The third kappa shape index (κ3) is 29.7. The Morgan fingerprint density at radius 2 is 1.30 bits per heavy atom. The number of amides is 1. The molecule has 8 nitrogen and oxygen atoms in total. The Bertz CT molecular complexity index is 784. The van der Waals surface area contributed by atoms with E-state index >= 15 is 0 Å². The van der Waals surface area contributed by atoms with Gasteiger partial charge in [-0.1, -0.05) is 141 Å². The minimum Gasteiger partial charge on any atom is -0.756 e. The Morgan fingerprint density at radius 3 is 1.82 bits per heavy atom. The molecule has 0 radical (unpaired) electrons. The monoisotopic (exact) mass is 644 g/mol. The Morgan fingerprint density at radius 1 is 0.795 bits per heavy atom. The molecule has 260 valence electrons. The van der Waals surface area contributed by atoms with Crippen molar-refractivity contribution in [3.63, 3.8) is 0 Å². The summed E-state index contributed by atoms with van der Waals surface area (Å²) in [5, 5.41) is 13.6. The molecule has 44 heavy (non-hydrogen) atoms. The first kappa shape index (κ1) is 43.0. The molecule has 0 heterocycles. The maximum atomic E-state index is 12.7. The number of likely N-dealkylation sites (N-methyl/N-ethyl adjacent to an activating group) is 1. The van der Waals surface area contributed by atoms with Crippen LogP contribution in [-0.4, -0.2) is 68.5 Å². The topological polar surface area (TPSA) is 108 Å². The average molecular weight is 645 g/mol. The first-order chi connectivity index (χ1) is 21.0. The summed E-state index contributed by atoms with van der Waals surface area (Å²) in [6, 6.07) is -0.910. The third-order valence-electron chi connectivity index (χ3n) is 7.72. The number of carbonyl (C=O) groups is 1. The van der Waals surface area contributed by atoms with E-state index in [1.54, 1.807) is 12.2 Å². The van der Waals surface area contributed by atoms with Crippen molar-refractivity contribution in [1.82, 2.24) is 5.32 Å². The number of nitrogens with one attached hydrogen (secondary N) is 1. The van der Waals surface area contributed by atoms with E-state index in [2.05, 4.69) is 25.2 Å². The van der Waals surface area contributed by atoms with Crippen molar-refractivity contribution < 1.29 is 32.9 Å². The van der Waals surface area contributed by atoms with Crippen LogP contribution in [0.15, 0.2) is 24.3 Å². The molecule has 0 aromatic carbocycles. The Labute approximate surface area is 271 Å². The number of unbranched alkanes of at least 4 members (excludes halogenated alkanes) is 17. The molecule has 3 atom stereocenters. The second-order valence-electron chi connectivity index (χ2n) is 13.3. The van der Waals surface area contributed by atoms with Gasteiger partial charge in [0.05, 0.1) is 39.9 Å². The summed E-state index contributed by atoms with van der Waals surface area (Å²) in [5.41, 5.74) is 0. The molecule has 0 aliphatic heterocycles. The van der Waals surface area contributed by atoms with Gasteiger partial charge < -0.3 is 28.8 Å². The van der Waals surface area contributed by atoms with Gasteiger partial charge in [-0.25, -0.2) is 0 Å². The number of phosphoric acid groups is 1. The lowest BCUT2D eigenvalue weighted by atomic mass is 10.0. The summed E-state index contributed by atoms with van der Waals surface area (Å²) in [5.74, 6) is -0.219. The number of carbonyl (C=O) groups excluding carboxylic acids is 1. The van der Waals surface area contributed by atoms with Crippen molar-refractivity contribution in [2.75, 3.05) is 40.9 Å². The summed E-state index contributed by atoms with van der Waals surface area (Å²) >= 11 is 0. The van der Waals surface area contributed by atoms with E-state index in [1.165, 1.54) is 89.9 Å². The molecule has 9 heteroatoms. The van der Waals surface area contributed by atoms with Crippen molar-refractivity contribution in [2.24, 2.45) is 0 Å². The quantitative estimate of drug-likeness (QED) is 0.0343. The molecule has 0 aromatic rings. The fourth-order valence-corrected chi connectivity index (χ4v) is 5.52. The van der Waals surface area contributed by atoms with Crippen LogP contribution in [0.3, 0.4) is 0 Å². The molecule has 0 spiro atoms. The van der Waals surface area contributed by atoms with Crippen molar-refractivity contribution in [3.05, 3.63) is 24.3 Å². The highest BCUT2D eigenvalue weighted by Crippen LogP contribution is 2.38. The Balaban J connectivity index is 4.59. The highest BCUT2D eigenvalue weighted by molar-refractivity contribution is 7.45. The number of quaternary nitrogens is 1. The number of rotatable bonds is 31. The summed E-state index contributed by atoms with van der Waals surface area (Å²) in [4.78, 5) is 25.0. The van der Waals surface area contributed by atoms with Crippen molar-refractivity contribution >= 4 is 13.7 Å².